The maximum atomic E-state index is 12.1. The Morgan fingerprint density at radius 1 is 1.19 bits per heavy atom. The lowest BCUT2D eigenvalue weighted by atomic mass is 9.95. The second kappa shape index (κ2) is 8.37. The highest BCUT2D eigenvalue weighted by molar-refractivity contribution is 5.31. The van der Waals surface area contributed by atoms with Gasteiger partial charge in [-0.15, -0.1) is 18.3 Å². The number of hydrogen-bond acceptors (Lipinski definition) is 8. The molecule has 2 rings (SSSR count). The Balaban J connectivity index is 1.70. The number of hydrogen-bond donors (Lipinski definition) is 3. The van der Waals surface area contributed by atoms with E-state index in [2.05, 4.69) is 10.3 Å². The molecule has 1 aromatic rings. The fraction of sp³-hybridized carbons (Fsp3) is 0.600. The number of hydroxylamine groups is 1. The van der Waals surface area contributed by atoms with E-state index in [0.29, 0.717) is 31.9 Å². The molecule has 1 unspecified atom stereocenters. The molecule has 11 heteroatoms. The second-order valence-electron chi connectivity index (χ2n) is 6.36. The quantitative estimate of drug-likeness (QED) is 0.482. The van der Waals surface area contributed by atoms with Crippen molar-refractivity contribution in [3.63, 3.8) is 0 Å². The summed E-state index contributed by atoms with van der Waals surface area (Å²) in [5.74, 6) is 5.85. The molecule has 26 heavy (non-hydrogen) atoms. The number of nitrogens with two attached hydrogens (primary N) is 2. The van der Waals surface area contributed by atoms with Gasteiger partial charge in [0.1, 0.15) is 11.5 Å². The number of nitrogens with one attached hydrogen (secondary N) is 1. The van der Waals surface area contributed by atoms with Gasteiger partial charge < -0.3 is 15.2 Å². The predicted molar refractivity (Wildman–Crippen MR) is 87.1 cm³/mol. The normalized spacial score (nSPS) is 21.6. The van der Waals surface area contributed by atoms with Crippen LogP contribution in [0.3, 0.4) is 0 Å². The molecule has 0 bridgehead atoms. The fourth-order valence-corrected chi connectivity index (χ4v) is 2.21. The van der Waals surface area contributed by atoms with Crippen molar-refractivity contribution in [1.29, 1.82) is 0 Å². The van der Waals surface area contributed by atoms with Gasteiger partial charge in [0.05, 0.1) is 18.8 Å². The van der Waals surface area contributed by atoms with Gasteiger partial charge in [-0.3, -0.25) is 10.7 Å². The number of ether oxygens (including phenoxy) is 2. The number of alkyl halides is 3. The highest BCUT2D eigenvalue weighted by Gasteiger charge is 2.40. The molecule has 0 aromatic heterocycles. The van der Waals surface area contributed by atoms with E-state index >= 15 is 0 Å². The maximum Gasteiger partial charge on any atom is 0.573 e. The average molecular weight is 379 g/mol. The van der Waals surface area contributed by atoms with Crippen LogP contribution in [0, 0.1) is 0 Å². The van der Waals surface area contributed by atoms with Crippen molar-refractivity contribution in [2.75, 3.05) is 19.8 Å². The Labute approximate surface area is 149 Å². The molecule has 1 aromatic carbocycles. The van der Waals surface area contributed by atoms with Gasteiger partial charge in [-0.1, -0.05) is 0 Å². The highest BCUT2D eigenvalue weighted by Crippen LogP contribution is 2.25. The van der Waals surface area contributed by atoms with Crippen LogP contribution in [0.5, 0.6) is 11.5 Å². The Hall–Kier alpha value is -1.63. The van der Waals surface area contributed by atoms with Crippen molar-refractivity contribution >= 4 is 0 Å². The van der Waals surface area contributed by atoms with Gasteiger partial charge in [-0.05, 0) is 38.1 Å². The zero-order valence-corrected chi connectivity index (χ0v) is 14.6. The van der Waals surface area contributed by atoms with Gasteiger partial charge in [0, 0.05) is 19.0 Å². The van der Waals surface area contributed by atoms with E-state index in [0.717, 1.165) is 0 Å². The molecule has 0 amide bonds. The van der Waals surface area contributed by atoms with Crippen LogP contribution >= 0.6 is 0 Å². The molecule has 0 spiro atoms. The van der Waals surface area contributed by atoms with Gasteiger partial charge in [0.2, 0.25) is 0 Å². The number of benzene rings is 1. The van der Waals surface area contributed by atoms with E-state index in [4.69, 9.17) is 21.2 Å². The van der Waals surface area contributed by atoms with Gasteiger partial charge in [0.25, 0.3) is 0 Å². The first-order chi connectivity index (χ1) is 12.1. The first-order valence-corrected chi connectivity index (χ1v) is 8.04. The van der Waals surface area contributed by atoms with E-state index in [1.54, 1.807) is 0 Å². The summed E-state index contributed by atoms with van der Waals surface area (Å²) in [6.07, 6.45) is -4.16. The van der Waals surface area contributed by atoms with Crippen molar-refractivity contribution in [3.8, 4) is 11.5 Å². The third-order valence-corrected chi connectivity index (χ3v) is 3.88. The minimum Gasteiger partial charge on any atom is -0.494 e. The molecule has 1 aliphatic rings. The van der Waals surface area contributed by atoms with Gasteiger partial charge >= 0.3 is 6.36 Å². The lowest BCUT2D eigenvalue weighted by Crippen LogP contribution is -2.73. The van der Waals surface area contributed by atoms with Crippen LogP contribution in [0.15, 0.2) is 24.3 Å². The SMILES string of the molecule is CC1(C)C(N)CN(N)NN1OCCCOc1ccc(OC(F)(F)F)cc1. The predicted octanol–water partition coefficient (Wildman–Crippen LogP) is 1.30. The molecule has 1 fully saturated rings. The standard InChI is InChI=1S/C15H24F3N5O3/c1-14(2)13(19)10-22(20)21-23(14)25-9-3-8-24-11-4-6-12(7-5-11)26-15(16,17)18/h4-7,13,21H,3,8-10,19-20H2,1-2H3. The molecule has 8 nitrogen and oxygen atoms in total. The summed E-state index contributed by atoms with van der Waals surface area (Å²) in [5, 5.41) is 2.85. The van der Waals surface area contributed by atoms with Crippen LogP contribution in [0.2, 0.25) is 0 Å². The van der Waals surface area contributed by atoms with E-state index in [1.165, 1.54) is 34.6 Å². The number of hydrazine groups is 3. The second-order valence-corrected chi connectivity index (χ2v) is 6.36. The van der Waals surface area contributed by atoms with Crippen molar-refractivity contribution in [2.45, 2.75) is 38.2 Å². The van der Waals surface area contributed by atoms with Gasteiger partial charge in [0.15, 0.2) is 0 Å². The summed E-state index contributed by atoms with van der Waals surface area (Å²) in [6.45, 7) is 5.00. The summed E-state index contributed by atoms with van der Waals surface area (Å²) in [6, 6.07) is 4.99. The monoisotopic (exact) mass is 379 g/mol. The molecule has 0 aliphatic carbocycles. The highest BCUT2D eigenvalue weighted by atomic mass is 19.4. The molecule has 1 atom stereocenters. The maximum absolute atomic E-state index is 12.1. The lowest BCUT2D eigenvalue weighted by Gasteiger charge is -2.47. The summed E-state index contributed by atoms with van der Waals surface area (Å²) >= 11 is 0. The Morgan fingerprint density at radius 2 is 1.81 bits per heavy atom. The summed E-state index contributed by atoms with van der Waals surface area (Å²) < 4.78 is 45.5. The minimum atomic E-state index is -4.71. The first kappa shape index (κ1) is 20.7. The molecule has 1 heterocycles. The van der Waals surface area contributed by atoms with E-state index in [9.17, 15) is 13.2 Å². The van der Waals surface area contributed by atoms with Crippen molar-refractivity contribution < 1.29 is 27.5 Å². The number of nitrogens with zero attached hydrogens (tertiary/aromatic N) is 2. The molecular formula is C15H24F3N5O3. The van der Waals surface area contributed by atoms with Crippen LogP contribution in [-0.2, 0) is 4.84 Å². The average Bonchev–Trinajstić information content (AvgIpc) is 2.52. The van der Waals surface area contributed by atoms with E-state index < -0.39 is 11.9 Å². The Bertz CT molecular complexity index is 571. The first-order valence-electron chi connectivity index (χ1n) is 8.04. The zero-order chi connectivity index (χ0) is 19.4. The van der Waals surface area contributed by atoms with Crippen LogP contribution in [-0.4, -0.2) is 48.0 Å². The molecule has 1 aliphatic heterocycles. The van der Waals surface area contributed by atoms with Crippen molar-refractivity contribution in [1.82, 2.24) is 15.8 Å². The van der Waals surface area contributed by atoms with Gasteiger partial charge in [-0.25, -0.2) is 0 Å². The summed E-state index contributed by atoms with van der Waals surface area (Å²) in [7, 11) is 0. The van der Waals surface area contributed by atoms with Crippen LogP contribution in [0.25, 0.3) is 0 Å². The molecule has 1 saturated heterocycles. The molecule has 5 N–H and O–H groups in total. The lowest BCUT2D eigenvalue weighted by molar-refractivity contribution is -0.308. The Morgan fingerprint density at radius 3 is 2.42 bits per heavy atom. The zero-order valence-electron chi connectivity index (χ0n) is 14.6. The molecule has 0 radical (unpaired) electrons. The van der Waals surface area contributed by atoms with Crippen LogP contribution in [0.4, 0.5) is 13.2 Å². The van der Waals surface area contributed by atoms with E-state index in [-0.39, 0.29) is 11.8 Å². The van der Waals surface area contributed by atoms with Crippen molar-refractivity contribution in [2.24, 2.45) is 11.6 Å². The molecule has 0 saturated carbocycles. The smallest absolute Gasteiger partial charge is 0.494 e. The molecule has 148 valence electrons. The fourth-order valence-electron chi connectivity index (χ4n) is 2.21. The van der Waals surface area contributed by atoms with E-state index in [1.807, 2.05) is 13.8 Å². The van der Waals surface area contributed by atoms with Crippen molar-refractivity contribution in [3.05, 3.63) is 24.3 Å². The summed E-state index contributed by atoms with van der Waals surface area (Å²) in [4.78, 5) is 5.65. The summed E-state index contributed by atoms with van der Waals surface area (Å²) in [5.41, 5.74) is 8.47. The number of rotatable bonds is 7. The van der Waals surface area contributed by atoms with Crippen LogP contribution in [0.1, 0.15) is 20.3 Å². The third-order valence-electron chi connectivity index (χ3n) is 3.88. The third kappa shape index (κ3) is 5.97. The largest absolute Gasteiger partial charge is 0.573 e. The molecular weight excluding hydrogens is 355 g/mol. The number of halogens is 3. The van der Waals surface area contributed by atoms with Crippen LogP contribution < -0.4 is 26.6 Å². The van der Waals surface area contributed by atoms with Gasteiger partial charge in [-0.2, -0.15) is 10.7 Å². The Kier molecular flexibility index (Phi) is 6.66. The minimum absolute atomic E-state index is 0.206. The topological polar surface area (TPSA) is 98.2 Å².